The Morgan fingerprint density at radius 3 is 2.60 bits per heavy atom. The lowest BCUT2D eigenvalue weighted by atomic mass is 10.2. The van der Waals surface area contributed by atoms with Gasteiger partial charge in [-0.05, 0) is 60.1 Å². The van der Waals surface area contributed by atoms with E-state index in [1.165, 1.54) is 6.08 Å². The van der Waals surface area contributed by atoms with E-state index < -0.39 is 0 Å². The topological polar surface area (TPSA) is 42.2 Å². The predicted molar refractivity (Wildman–Crippen MR) is 87.0 cm³/mol. The van der Waals surface area contributed by atoms with E-state index in [4.69, 9.17) is 4.42 Å². The molecule has 0 atom stereocenters. The normalized spacial score (nSPS) is 11.5. The summed E-state index contributed by atoms with van der Waals surface area (Å²) in [4.78, 5) is 12.0. The third kappa shape index (κ3) is 3.84. The fourth-order valence-electron chi connectivity index (χ4n) is 1.67. The molecule has 2 aromatic rings. The lowest BCUT2D eigenvalue weighted by Gasteiger charge is -2.08. The number of aryl methyl sites for hydroxylation is 1. The average molecular weight is 399 g/mol. The number of halogens is 2. The molecule has 1 N–H and O–H groups in total. The first-order chi connectivity index (χ1) is 9.45. The number of benzene rings is 1. The van der Waals surface area contributed by atoms with E-state index in [2.05, 4.69) is 37.2 Å². The Labute approximate surface area is 134 Å². The molecule has 1 heterocycles. The average Bonchev–Trinajstić information content (AvgIpc) is 2.79. The summed E-state index contributed by atoms with van der Waals surface area (Å²) in [6.07, 6.45) is 1.52. The molecule has 0 unspecified atom stereocenters. The van der Waals surface area contributed by atoms with Crippen LogP contribution in [0.15, 0.2) is 55.5 Å². The van der Waals surface area contributed by atoms with E-state index in [0.717, 1.165) is 26.1 Å². The van der Waals surface area contributed by atoms with Crippen molar-refractivity contribution in [1.29, 1.82) is 0 Å². The summed E-state index contributed by atoms with van der Waals surface area (Å²) in [7, 11) is 0. The van der Waals surface area contributed by atoms with Crippen molar-refractivity contribution >= 4 is 43.3 Å². The molecule has 0 aliphatic rings. The van der Waals surface area contributed by atoms with Gasteiger partial charge in [-0.3, -0.25) is 4.79 Å². The Balaban J connectivity index is 2.13. The van der Waals surface area contributed by atoms with Crippen molar-refractivity contribution in [2.75, 3.05) is 5.32 Å². The summed E-state index contributed by atoms with van der Waals surface area (Å²) in [5.74, 6) is 0.915. The van der Waals surface area contributed by atoms with Gasteiger partial charge in [0.25, 0.3) is 0 Å². The zero-order chi connectivity index (χ0) is 14.7. The molecule has 0 amide bonds. The summed E-state index contributed by atoms with van der Waals surface area (Å²) in [5, 5.41) is 3.18. The number of anilines is 1. The fourth-order valence-corrected chi connectivity index (χ4v) is 2.82. The summed E-state index contributed by atoms with van der Waals surface area (Å²) < 4.78 is 7.20. The van der Waals surface area contributed by atoms with Crippen LogP contribution in [0.25, 0.3) is 0 Å². The van der Waals surface area contributed by atoms with Crippen LogP contribution in [0.3, 0.4) is 0 Å². The van der Waals surface area contributed by atoms with Gasteiger partial charge in [-0.1, -0.05) is 15.9 Å². The molecule has 1 aromatic heterocycles. The number of nitrogens with one attached hydrogen (secondary N) is 1. The Morgan fingerprint density at radius 2 is 2.00 bits per heavy atom. The van der Waals surface area contributed by atoms with Gasteiger partial charge in [0.15, 0.2) is 5.76 Å². The quantitative estimate of drug-likeness (QED) is 0.560. The number of hydrogen-bond acceptors (Lipinski definition) is 3. The third-order valence-corrected chi connectivity index (χ3v) is 3.74. The van der Waals surface area contributed by atoms with Crippen LogP contribution < -0.4 is 5.32 Å². The Morgan fingerprint density at radius 1 is 1.25 bits per heavy atom. The van der Waals surface area contributed by atoms with Crippen LogP contribution in [0, 0.1) is 6.92 Å². The maximum atomic E-state index is 12.0. The monoisotopic (exact) mass is 397 g/mol. The van der Waals surface area contributed by atoms with E-state index in [0.29, 0.717) is 5.76 Å². The molecule has 0 bridgehead atoms. The number of furan rings is 1. The van der Waals surface area contributed by atoms with Crippen LogP contribution in [0.1, 0.15) is 23.2 Å². The van der Waals surface area contributed by atoms with Crippen molar-refractivity contribution < 1.29 is 9.21 Å². The highest BCUT2D eigenvalue weighted by Crippen LogP contribution is 2.27. The largest absolute Gasteiger partial charge is 0.458 e. The maximum absolute atomic E-state index is 12.0. The number of rotatable bonds is 4. The van der Waals surface area contributed by atoms with Gasteiger partial charge in [0.05, 0.1) is 5.69 Å². The molecule has 0 saturated carbocycles. The van der Waals surface area contributed by atoms with Gasteiger partial charge in [-0.25, -0.2) is 0 Å². The van der Waals surface area contributed by atoms with E-state index in [1.54, 1.807) is 12.1 Å². The van der Waals surface area contributed by atoms with Gasteiger partial charge >= 0.3 is 0 Å². The molecule has 1 aromatic carbocycles. The highest BCUT2D eigenvalue weighted by molar-refractivity contribution is 9.11. The lowest BCUT2D eigenvalue weighted by molar-refractivity contribution is 0.102. The standard InChI is InChI=1S/C15H13Br2NO2/c1-9(7-14(19)15-6-3-10(2)20-15)18-13-5-4-11(16)8-12(13)17/h3-8,18H,1-2H3/b9-7+. The molecule has 0 aliphatic heterocycles. The first kappa shape index (κ1) is 15.1. The van der Waals surface area contributed by atoms with Crippen molar-refractivity contribution in [3.63, 3.8) is 0 Å². The summed E-state index contributed by atoms with van der Waals surface area (Å²) in [6, 6.07) is 9.24. The van der Waals surface area contributed by atoms with Crippen molar-refractivity contribution in [1.82, 2.24) is 0 Å². The second-order valence-corrected chi connectivity index (χ2v) is 6.12. The molecule has 0 fully saturated rings. The lowest BCUT2D eigenvalue weighted by Crippen LogP contribution is -2.01. The number of carbonyl (C=O) groups excluding carboxylic acids is 1. The molecule has 104 valence electrons. The molecule has 0 aliphatic carbocycles. The van der Waals surface area contributed by atoms with Gasteiger partial charge in [-0.15, -0.1) is 0 Å². The van der Waals surface area contributed by atoms with Crippen LogP contribution in [0.4, 0.5) is 5.69 Å². The second-order valence-electron chi connectivity index (χ2n) is 4.35. The van der Waals surface area contributed by atoms with Gasteiger partial charge in [-0.2, -0.15) is 0 Å². The Kier molecular flexibility index (Phi) is 4.83. The first-order valence-electron chi connectivity index (χ1n) is 5.97. The molecule has 0 saturated heterocycles. The number of ketones is 1. The van der Waals surface area contributed by atoms with Gasteiger partial charge < -0.3 is 9.73 Å². The van der Waals surface area contributed by atoms with Gasteiger partial charge in [0.2, 0.25) is 5.78 Å². The Bertz CT molecular complexity index is 674. The predicted octanol–water partition coefficient (Wildman–Crippen LogP) is 5.31. The Hall–Kier alpha value is -1.33. The highest BCUT2D eigenvalue weighted by atomic mass is 79.9. The molecule has 20 heavy (non-hydrogen) atoms. The van der Waals surface area contributed by atoms with Crippen molar-refractivity contribution in [3.05, 3.63) is 62.6 Å². The minimum Gasteiger partial charge on any atom is -0.458 e. The number of carbonyl (C=O) groups is 1. The van der Waals surface area contributed by atoms with E-state index >= 15 is 0 Å². The number of allylic oxidation sites excluding steroid dienone is 2. The number of hydrogen-bond donors (Lipinski definition) is 1. The van der Waals surface area contributed by atoms with Crippen molar-refractivity contribution in [2.45, 2.75) is 13.8 Å². The molecular formula is C15H13Br2NO2. The zero-order valence-corrected chi connectivity index (χ0v) is 14.2. The minimum absolute atomic E-state index is 0.156. The zero-order valence-electron chi connectivity index (χ0n) is 11.0. The van der Waals surface area contributed by atoms with Crippen molar-refractivity contribution in [3.8, 4) is 0 Å². The molecular weight excluding hydrogens is 386 g/mol. The molecule has 5 heteroatoms. The molecule has 0 spiro atoms. The minimum atomic E-state index is -0.156. The van der Waals surface area contributed by atoms with Crippen molar-refractivity contribution in [2.24, 2.45) is 0 Å². The maximum Gasteiger partial charge on any atom is 0.222 e. The van der Waals surface area contributed by atoms with E-state index in [1.807, 2.05) is 32.0 Å². The third-order valence-electron chi connectivity index (χ3n) is 2.59. The highest BCUT2D eigenvalue weighted by Gasteiger charge is 2.08. The van der Waals surface area contributed by atoms with Crippen LogP contribution in [-0.2, 0) is 0 Å². The fraction of sp³-hybridized carbons (Fsp3) is 0.133. The summed E-state index contributed by atoms with van der Waals surface area (Å²) in [6.45, 7) is 3.65. The second kappa shape index (κ2) is 6.41. The van der Waals surface area contributed by atoms with Gasteiger partial charge in [0, 0.05) is 20.7 Å². The van der Waals surface area contributed by atoms with Crippen LogP contribution in [0.2, 0.25) is 0 Å². The van der Waals surface area contributed by atoms with Crippen LogP contribution in [-0.4, -0.2) is 5.78 Å². The summed E-state index contributed by atoms with van der Waals surface area (Å²) in [5.41, 5.74) is 1.64. The van der Waals surface area contributed by atoms with Crippen LogP contribution in [0.5, 0.6) is 0 Å². The molecule has 0 radical (unpaired) electrons. The first-order valence-corrected chi connectivity index (χ1v) is 7.55. The van der Waals surface area contributed by atoms with E-state index in [-0.39, 0.29) is 5.78 Å². The smallest absolute Gasteiger partial charge is 0.222 e. The molecule has 2 rings (SSSR count). The van der Waals surface area contributed by atoms with Gasteiger partial charge in [0.1, 0.15) is 5.76 Å². The SMILES string of the molecule is C/C(=C\C(=O)c1ccc(C)o1)Nc1ccc(Br)cc1Br. The molecule has 3 nitrogen and oxygen atoms in total. The van der Waals surface area contributed by atoms with Crippen LogP contribution >= 0.6 is 31.9 Å². The summed E-state index contributed by atoms with van der Waals surface area (Å²) >= 11 is 6.86. The van der Waals surface area contributed by atoms with E-state index in [9.17, 15) is 4.79 Å².